The van der Waals surface area contributed by atoms with Crippen LogP contribution in [0.2, 0.25) is 0 Å². The highest BCUT2D eigenvalue weighted by molar-refractivity contribution is 9.10. The first-order valence-corrected chi connectivity index (χ1v) is 5.87. The molecule has 16 heavy (non-hydrogen) atoms. The van der Waals surface area contributed by atoms with E-state index in [1.54, 1.807) is 6.08 Å². The second-order valence-corrected chi connectivity index (χ2v) is 4.17. The van der Waals surface area contributed by atoms with E-state index in [1.807, 2.05) is 24.3 Å². The quantitative estimate of drug-likeness (QED) is 0.825. The second-order valence-electron chi connectivity index (χ2n) is 3.32. The van der Waals surface area contributed by atoms with Gasteiger partial charge in [0.2, 0.25) is 5.91 Å². The molecule has 1 rings (SSSR count). The molecule has 3 heteroatoms. The Morgan fingerprint density at radius 2 is 2.25 bits per heavy atom. The molecular formula is C13H14BrNO. The number of hydrogen-bond donors (Lipinski definition) is 1. The Hall–Kier alpha value is -1.31. The van der Waals surface area contributed by atoms with Crippen LogP contribution in [0.25, 0.3) is 0 Å². The van der Waals surface area contributed by atoms with Crippen molar-refractivity contribution in [2.75, 3.05) is 0 Å². The molecule has 1 aromatic carbocycles. The Bertz CT molecular complexity index is 408. The lowest BCUT2D eigenvalue weighted by molar-refractivity contribution is -0.121. The summed E-state index contributed by atoms with van der Waals surface area (Å²) in [6.07, 6.45) is 2.93. The van der Waals surface area contributed by atoms with E-state index >= 15 is 0 Å². The van der Waals surface area contributed by atoms with Crippen molar-refractivity contribution in [2.45, 2.75) is 19.4 Å². The van der Waals surface area contributed by atoms with Gasteiger partial charge in [-0.05, 0) is 24.1 Å². The van der Waals surface area contributed by atoms with Gasteiger partial charge in [-0.1, -0.05) is 40.7 Å². The predicted molar refractivity (Wildman–Crippen MR) is 68.9 cm³/mol. The molecule has 0 fully saturated rings. The van der Waals surface area contributed by atoms with Gasteiger partial charge < -0.3 is 5.32 Å². The molecule has 0 heterocycles. The Morgan fingerprint density at radius 3 is 2.94 bits per heavy atom. The van der Waals surface area contributed by atoms with E-state index < -0.39 is 0 Å². The first-order chi connectivity index (χ1) is 7.74. The van der Waals surface area contributed by atoms with Crippen molar-refractivity contribution in [3.05, 3.63) is 52.7 Å². The van der Waals surface area contributed by atoms with Crippen LogP contribution < -0.4 is 5.32 Å². The van der Waals surface area contributed by atoms with Crippen molar-refractivity contribution in [3.63, 3.8) is 0 Å². The summed E-state index contributed by atoms with van der Waals surface area (Å²) < 4.78 is 1.02. The van der Waals surface area contributed by atoms with Gasteiger partial charge in [0.1, 0.15) is 0 Å². The molecule has 1 amide bonds. The summed E-state index contributed by atoms with van der Waals surface area (Å²) in [7, 11) is 0. The molecule has 0 aliphatic rings. The zero-order chi connectivity index (χ0) is 11.8. The molecule has 1 N–H and O–H groups in total. The number of rotatable bonds is 5. The van der Waals surface area contributed by atoms with E-state index in [1.165, 1.54) is 0 Å². The van der Waals surface area contributed by atoms with Gasteiger partial charge in [-0.25, -0.2) is 0 Å². The molecule has 1 aromatic rings. The number of carbonyl (C=O) groups excluding carboxylic acids is 1. The molecule has 84 valence electrons. The number of nitrogens with one attached hydrogen (secondary N) is 1. The third-order valence-corrected chi connectivity index (χ3v) is 2.87. The summed E-state index contributed by atoms with van der Waals surface area (Å²) in [5.41, 5.74) is 3.72. The van der Waals surface area contributed by atoms with Crippen LogP contribution in [0.15, 0.2) is 47.1 Å². The van der Waals surface area contributed by atoms with Crippen LogP contribution in [-0.4, -0.2) is 5.91 Å². The molecule has 0 saturated carbocycles. The van der Waals surface area contributed by atoms with Gasteiger partial charge >= 0.3 is 0 Å². The number of halogens is 1. The zero-order valence-electron chi connectivity index (χ0n) is 9.00. The minimum Gasteiger partial charge on any atom is -0.352 e. The van der Waals surface area contributed by atoms with Crippen LogP contribution >= 0.6 is 15.9 Å². The largest absolute Gasteiger partial charge is 0.352 e. The predicted octanol–water partition coefficient (Wildman–Crippen LogP) is 3.19. The van der Waals surface area contributed by atoms with Crippen LogP contribution in [0.3, 0.4) is 0 Å². The highest BCUT2D eigenvalue weighted by Crippen LogP contribution is 2.15. The minimum absolute atomic E-state index is 0.0438. The molecule has 0 atom stereocenters. The lowest BCUT2D eigenvalue weighted by Crippen LogP contribution is -2.22. The summed E-state index contributed by atoms with van der Waals surface area (Å²) in [4.78, 5) is 11.4. The van der Waals surface area contributed by atoms with E-state index in [-0.39, 0.29) is 5.91 Å². The molecule has 0 saturated heterocycles. The van der Waals surface area contributed by atoms with Gasteiger partial charge in [0.15, 0.2) is 0 Å². The standard InChI is InChI=1S/C13H14BrNO/c1-2-3-4-9-13(16)15-10-11-7-5-6-8-12(11)14/h3,5-8H,1,4,9-10H2,(H,15,16). The smallest absolute Gasteiger partial charge is 0.220 e. The first-order valence-electron chi connectivity index (χ1n) is 5.08. The number of hydrogen-bond acceptors (Lipinski definition) is 1. The fourth-order valence-electron chi connectivity index (χ4n) is 1.23. The highest BCUT2D eigenvalue weighted by atomic mass is 79.9. The average Bonchev–Trinajstić information content (AvgIpc) is 2.28. The number of amides is 1. The first kappa shape index (κ1) is 12.8. The summed E-state index contributed by atoms with van der Waals surface area (Å²) in [5, 5.41) is 2.86. The molecule has 0 radical (unpaired) electrons. The van der Waals surface area contributed by atoms with Gasteiger partial charge in [-0.2, -0.15) is 0 Å². The maximum absolute atomic E-state index is 11.4. The Kier molecular flexibility index (Phi) is 5.62. The molecule has 0 aromatic heterocycles. The van der Waals surface area contributed by atoms with Crippen LogP contribution in [0.4, 0.5) is 0 Å². The fourth-order valence-corrected chi connectivity index (χ4v) is 1.65. The minimum atomic E-state index is 0.0438. The van der Waals surface area contributed by atoms with Gasteiger partial charge in [0, 0.05) is 17.4 Å². The third-order valence-electron chi connectivity index (χ3n) is 2.09. The number of allylic oxidation sites excluding steroid dienone is 1. The zero-order valence-corrected chi connectivity index (χ0v) is 10.6. The molecule has 0 bridgehead atoms. The van der Waals surface area contributed by atoms with E-state index in [2.05, 4.69) is 33.6 Å². The molecular weight excluding hydrogens is 266 g/mol. The van der Waals surface area contributed by atoms with Crippen molar-refractivity contribution in [1.29, 1.82) is 0 Å². The normalized spacial score (nSPS) is 9.31. The van der Waals surface area contributed by atoms with E-state index in [0.29, 0.717) is 19.4 Å². The Balaban J connectivity index is 2.37. The third kappa shape index (κ3) is 4.47. The lowest BCUT2D eigenvalue weighted by atomic mass is 10.2. The Labute approximate surface area is 104 Å². The summed E-state index contributed by atoms with van der Waals surface area (Å²) >= 11 is 3.43. The van der Waals surface area contributed by atoms with Crippen LogP contribution in [0.1, 0.15) is 18.4 Å². The van der Waals surface area contributed by atoms with Crippen molar-refractivity contribution >= 4 is 21.8 Å². The van der Waals surface area contributed by atoms with E-state index in [0.717, 1.165) is 10.0 Å². The molecule has 0 aliphatic heterocycles. The molecule has 2 nitrogen and oxygen atoms in total. The maximum atomic E-state index is 11.4. The molecule has 0 spiro atoms. The van der Waals surface area contributed by atoms with Crippen LogP contribution in [0, 0.1) is 0 Å². The summed E-state index contributed by atoms with van der Waals surface area (Å²) in [6.45, 7) is 4.00. The van der Waals surface area contributed by atoms with Gasteiger partial charge in [0.05, 0.1) is 0 Å². The second kappa shape index (κ2) is 7.04. The fraction of sp³-hybridized carbons (Fsp3) is 0.231. The topological polar surface area (TPSA) is 29.1 Å². The van der Waals surface area contributed by atoms with Crippen molar-refractivity contribution in [2.24, 2.45) is 0 Å². The van der Waals surface area contributed by atoms with Gasteiger partial charge in [0.25, 0.3) is 0 Å². The highest BCUT2D eigenvalue weighted by Gasteiger charge is 2.01. The summed E-state index contributed by atoms with van der Waals surface area (Å²) in [6, 6.07) is 7.84. The number of carbonyl (C=O) groups is 1. The van der Waals surface area contributed by atoms with Gasteiger partial charge in [-0.15, -0.1) is 5.73 Å². The molecule has 0 unspecified atom stereocenters. The van der Waals surface area contributed by atoms with E-state index in [4.69, 9.17) is 0 Å². The van der Waals surface area contributed by atoms with Crippen LogP contribution in [0.5, 0.6) is 0 Å². The van der Waals surface area contributed by atoms with Crippen molar-refractivity contribution in [1.82, 2.24) is 5.32 Å². The molecule has 0 aliphatic carbocycles. The Morgan fingerprint density at radius 1 is 1.50 bits per heavy atom. The maximum Gasteiger partial charge on any atom is 0.220 e. The van der Waals surface area contributed by atoms with Crippen molar-refractivity contribution < 1.29 is 4.79 Å². The van der Waals surface area contributed by atoms with E-state index in [9.17, 15) is 4.79 Å². The van der Waals surface area contributed by atoms with Gasteiger partial charge in [-0.3, -0.25) is 4.79 Å². The monoisotopic (exact) mass is 279 g/mol. The van der Waals surface area contributed by atoms with Crippen molar-refractivity contribution in [3.8, 4) is 0 Å². The summed E-state index contributed by atoms with van der Waals surface area (Å²) in [5.74, 6) is 0.0438. The van der Waals surface area contributed by atoms with Crippen LogP contribution in [-0.2, 0) is 11.3 Å². The number of benzene rings is 1. The average molecular weight is 280 g/mol. The SMILES string of the molecule is C=C=CCCC(=O)NCc1ccccc1Br. The lowest BCUT2D eigenvalue weighted by Gasteiger charge is -2.05.